The van der Waals surface area contributed by atoms with Crippen molar-refractivity contribution in [2.75, 3.05) is 13.2 Å². The molecule has 2 aromatic heterocycles. The first-order chi connectivity index (χ1) is 14.2. The lowest BCUT2D eigenvalue weighted by Crippen LogP contribution is -2.31. The van der Waals surface area contributed by atoms with Crippen molar-refractivity contribution in [3.63, 3.8) is 0 Å². The Morgan fingerprint density at radius 2 is 1.90 bits per heavy atom. The fourth-order valence-electron chi connectivity index (χ4n) is 3.95. The summed E-state index contributed by atoms with van der Waals surface area (Å²) in [6, 6.07) is 18.6. The van der Waals surface area contributed by atoms with Crippen molar-refractivity contribution in [3.8, 4) is 11.4 Å². The van der Waals surface area contributed by atoms with E-state index in [1.807, 2.05) is 37.4 Å². The highest BCUT2D eigenvalue weighted by molar-refractivity contribution is 7.80. The van der Waals surface area contributed by atoms with E-state index in [-0.39, 0.29) is 12.1 Å². The Labute approximate surface area is 177 Å². The molecular formula is C23H26N4OS. The number of ether oxygens (including phenoxy) is 1. The summed E-state index contributed by atoms with van der Waals surface area (Å²) in [6.45, 7) is 5.73. The van der Waals surface area contributed by atoms with Gasteiger partial charge < -0.3 is 19.5 Å². The van der Waals surface area contributed by atoms with Gasteiger partial charge in [0.25, 0.3) is 0 Å². The third-order valence-corrected chi connectivity index (χ3v) is 5.52. The Kier molecular flexibility index (Phi) is 5.81. The van der Waals surface area contributed by atoms with Gasteiger partial charge in [-0.3, -0.25) is 4.98 Å². The van der Waals surface area contributed by atoms with Crippen LogP contribution in [0, 0.1) is 0 Å². The van der Waals surface area contributed by atoms with Crippen LogP contribution in [0.1, 0.15) is 43.7 Å². The van der Waals surface area contributed by atoms with Gasteiger partial charge >= 0.3 is 0 Å². The van der Waals surface area contributed by atoms with Gasteiger partial charge in [0.15, 0.2) is 5.11 Å². The molecule has 5 nitrogen and oxygen atoms in total. The molecule has 1 aliphatic rings. The van der Waals surface area contributed by atoms with Crippen LogP contribution in [0.5, 0.6) is 5.75 Å². The van der Waals surface area contributed by atoms with Crippen molar-refractivity contribution in [2.45, 2.75) is 32.4 Å². The van der Waals surface area contributed by atoms with E-state index in [2.05, 4.69) is 63.2 Å². The molecule has 1 N–H and O–H groups in total. The van der Waals surface area contributed by atoms with E-state index >= 15 is 0 Å². The Morgan fingerprint density at radius 1 is 1.07 bits per heavy atom. The monoisotopic (exact) mass is 406 g/mol. The van der Waals surface area contributed by atoms with Gasteiger partial charge in [-0.1, -0.05) is 13.0 Å². The minimum Gasteiger partial charge on any atom is -0.494 e. The Balaban J connectivity index is 1.74. The summed E-state index contributed by atoms with van der Waals surface area (Å²) in [5.74, 6) is 0.882. The van der Waals surface area contributed by atoms with Crippen molar-refractivity contribution in [1.29, 1.82) is 0 Å². The van der Waals surface area contributed by atoms with Crippen LogP contribution in [0.15, 0.2) is 67.0 Å². The summed E-state index contributed by atoms with van der Waals surface area (Å²) in [6.07, 6.45) is 4.97. The summed E-state index contributed by atoms with van der Waals surface area (Å²) < 4.78 is 7.82. The van der Waals surface area contributed by atoms with Crippen LogP contribution in [0.3, 0.4) is 0 Å². The van der Waals surface area contributed by atoms with Crippen LogP contribution in [0.2, 0.25) is 0 Å². The number of benzene rings is 1. The predicted molar refractivity (Wildman–Crippen MR) is 119 cm³/mol. The lowest BCUT2D eigenvalue weighted by atomic mass is 10.0. The van der Waals surface area contributed by atoms with Crippen LogP contribution in [-0.2, 0) is 0 Å². The van der Waals surface area contributed by atoms with E-state index in [0.29, 0.717) is 6.61 Å². The first-order valence-corrected chi connectivity index (χ1v) is 10.5. The van der Waals surface area contributed by atoms with Gasteiger partial charge in [-0.05, 0) is 74.1 Å². The highest BCUT2D eigenvalue weighted by Crippen LogP contribution is 2.39. The molecule has 0 saturated carbocycles. The zero-order valence-electron chi connectivity index (χ0n) is 16.8. The van der Waals surface area contributed by atoms with Crippen molar-refractivity contribution < 1.29 is 4.74 Å². The lowest BCUT2D eigenvalue weighted by molar-refractivity contribution is 0.309. The number of hydrogen-bond donors (Lipinski definition) is 1. The minimum absolute atomic E-state index is 0.00611. The molecule has 1 aromatic carbocycles. The molecule has 2 atom stereocenters. The highest BCUT2D eigenvalue weighted by atomic mass is 32.1. The molecule has 3 heterocycles. The second kappa shape index (κ2) is 8.66. The zero-order chi connectivity index (χ0) is 20.2. The fourth-order valence-corrected chi connectivity index (χ4v) is 4.28. The van der Waals surface area contributed by atoms with Crippen molar-refractivity contribution in [1.82, 2.24) is 19.8 Å². The molecule has 1 fully saturated rings. The van der Waals surface area contributed by atoms with Crippen LogP contribution in [-0.4, -0.2) is 32.7 Å². The predicted octanol–water partition coefficient (Wildman–Crippen LogP) is 4.65. The average molecular weight is 407 g/mol. The molecule has 1 aliphatic heterocycles. The molecule has 3 aromatic rings. The number of nitrogens with zero attached hydrogens (tertiary/aromatic N) is 3. The maximum atomic E-state index is 5.70. The van der Waals surface area contributed by atoms with Gasteiger partial charge in [-0.2, -0.15) is 0 Å². The summed E-state index contributed by atoms with van der Waals surface area (Å²) >= 11 is 5.70. The number of nitrogens with one attached hydrogen (secondary N) is 1. The van der Waals surface area contributed by atoms with E-state index in [9.17, 15) is 0 Å². The Bertz CT molecular complexity index is 955. The molecule has 4 rings (SSSR count). The molecule has 150 valence electrons. The number of hydrogen-bond acceptors (Lipinski definition) is 3. The quantitative estimate of drug-likeness (QED) is 0.579. The number of aromatic nitrogens is 2. The third kappa shape index (κ3) is 3.85. The van der Waals surface area contributed by atoms with Gasteiger partial charge in [0.1, 0.15) is 5.75 Å². The summed E-state index contributed by atoms with van der Waals surface area (Å²) in [5, 5.41) is 4.29. The number of rotatable bonds is 7. The van der Waals surface area contributed by atoms with Crippen molar-refractivity contribution in [3.05, 3.63) is 78.4 Å². The smallest absolute Gasteiger partial charge is 0.170 e. The molecule has 0 aliphatic carbocycles. The minimum atomic E-state index is 0.00611. The highest BCUT2D eigenvalue weighted by Gasteiger charge is 2.40. The molecular weight excluding hydrogens is 380 g/mol. The van der Waals surface area contributed by atoms with E-state index in [1.165, 1.54) is 5.69 Å². The van der Waals surface area contributed by atoms with Crippen molar-refractivity contribution in [2.24, 2.45) is 0 Å². The first kappa shape index (κ1) is 19.5. The average Bonchev–Trinajstić information content (AvgIpc) is 3.35. The maximum absolute atomic E-state index is 5.70. The van der Waals surface area contributed by atoms with Gasteiger partial charge in [0, 0.05) is 30.3 Å². The molecule has 0 bridgehead atoms. The Hall–Kier alpha value is -2.86. The summed E-state index contributed by atoms with van der Waals surface area (Å²) in [4.78, 5) is 6.90. The lowest BCUT2D eigenvalue weighted by Gasteiger charge is -2.28. The van der Waals surface area contributed by atoms with E-state index in [0.717, 1.165) is 35.2 Å². The van der Waals surface area contributed by atoms with E-state index in [4.69, 9.17) is 17.0 Å². The largest absolute Gasteiger partial charge is 0.494 e. The van der Waals surface area contributed by atoms with Crippen LogP contribution in [0.4, 0.5) is 0 Å². The standard InChI is InChI=1S/C23H26N4OS/c1-3-15-27-22(21(25-23(27)29)19-8-5-6-14-24-19)20-9-7-16-26(20)17-10-12-18(13-11-17)28-4-2/h5-14,16,21-22H,3-4,15H2,1-2H3,(H,25,29)/t21-,22-/m0/s1. The summed E-state index contributed by atoms with van der Waals surface area (Å²) in [5.41, 5.74) is 3.28. The van der Waals surface area contributed by atoms with Crippen LogP contribution in [0.25, 0.3) is 5.69 Å². The molecule has 6 heteroatoms. The second-order valence-electron chi connectivity index (χ2n) is 7.05. The number of pyridine rings is 1. The first-order valence-electron chi connectivity index (χ1n) is 10.1. The molecule has 1 saturated heterocycles. The molecule has 0 radical (unpaired) electrons. The Morgan fingerprint density at radius 3 is 2.59 bits per heavy atom. The maximum Gasteiger partial charge on any atom is 0.170 e. The van der Waals surface area contributed by atoms with E-state index in [1.54, 1.807) is 0 Å². The van der Waals surface area contributed by atoms with Crippen molar-refractivity contribution >= 4 is 17.3 Å². The zero-order valence-corrected chi connectivity index (χ0v) is 17.6. The molecule has 0 amide bonds. The molecule has 0 spiro atoms. The second-order valence-corrected chi connectivity index (χ2v) is 7.44. The van der Waals surface area contributed by atoms with E-state index < -0.39 is 0 Å². The topological polar surface area (TPSA) is 42.3 Å². The summed E-state index contributed by atoms with van der Waals surface area (Å²) in [7, 11) is 0. The van der Waals surface area contributed by atoms with Gasteiger partial charge in [-0.25, -0.2) is 0 Å². The molecule has 0 unspecified atom stereocenters. The fraction of sp³-hybridized carbons (Fsp3) is 0.304. The van der Waals surface area contributed by atoms with Crippen LogP contribution < -0.4 is 10.1 Å². The SMILES string of the molecule is CCCN1C(=S)N[C@@H](c2ccccn2)[C@@H]1c1cccn1-c1ccc(OCC)cc1. The molecule has 29 heavy (non-hydrogen) atoms. The van der Waals surface area contributed by atoms with Gasteiger partial charge in [-0.15, -0.1) is 0 Å². The number of thiocarbonyl (C=S) groups is 1. The van der Waals surface area contributed by atoms with Gasteiger partial charge in [0.2, 0.25) is 0 Å². The van der Waals surface area contributed by atoms with Gasteiger partial charge in [0.05, 0.1) is 24.4 Å². The van der Waals surface area contributed by atoms with Crippen LogP contribution >= 0.6 is 12.2 Å². The third-order valence-electron chi connectivity index (χ3n) is 5.17. The normalized spacial score (nSPS) is 18.7.